The number of anilines is 1. The van der Waals surface area contributed by atoms with Crippen molar-refractivity contribution < 1.29 is 9.29 Å². The third kappa shape index (κ3) is 4.71. The molecule has 1 heterocycles. The van der Waals surface area contributed by atoms with E-state index < -0.39 is 11.4 Å². The van der Waals surface area contributed by atoms with Crippen LogP contribution < -0.4 is 4.90 Å². The first-order chi connectivity index (χ1) is 9.88. The number of halogens is 1. The molecular weight excluding hydrogens is 352 g/mol. The predicted molar refractivity (Wildman–Crippen MR) is 92.7 cm³/mol. The summed E-state index contributed by atoms with van der Waals surface area (Å²) in [5.74, 6) is 0. The Morgan fingerprint density at radius 3 is 2.62 bits per heavy atom. The Kier molecular flexibility index (Phi) is 5.71. The highest BCUT2D eigenvalue weighted by molar-refractivity contribution is 9.10. The van der Waals surface area contributed by atoms with Gasteiger partial charge in [-0.15, -0.1) is 0 Å². The van der Waals surface area contributed by atoms with E-state index in [1.165, 1.54) is 0 Å². The molecule has 0 amide bonds. The fourth-order valence-corrected chi connectivity index (χ4v) is 2.89. The minimum absolute atomic E-state index is 0.346. The van der Waals surface area contributed by atoms with Crippen LogP contribution in [0.15, 0.2) is 27.1 Å². The summed E-state index contributed by atoms with van der Waals surface area (Å²) >= 11 is 2.24. The fraction of sp³-hybridized carbons (Fsp3) is 0.533. The molecule has 2 rings (SSSR count). The minimum atomic E-state index is -1.25. The topological polar surface area (TPSA) is 47.9 Å². The molecule has 0 spiro atoms. The quantitative estimate of drug-likeness (QED) is 0.604. The minimum Gasteiger partial charge on any atom is -0.591 e. The van der Waals surface area contributed by atoms with Crippen LogP contribution in [0, 0.1) is 0 Å². The van der Waals surface area contributed by atoms with Crippen LogP contribution in [-0.2, 0) is 16.1 Å². The Labute approximate surface area is 138 Å². The molecule has 0 radical (unpaired) electrons. The van der Waals surface area contributed by atoms with Crippen molar-refractivity contribution in [3.63, 3.8) is 0 Å². The Hall–Kier alpha value is -0.560. The van der Waals surface area contributed by atoms with Crippen molar-refractivity contribution in [1.29, 1.82) is 0 Å². The fourth-order valence-electron chi connectivity index (χ4n) is 1.98. The third-order valence-electron chi connectivity index (χ3n) is 3.15. The standard InChI is InChI=1S/C15H21BrN2O2S/c1-15(2,3)21(19)17-11-12-10-13(16)4-5-14(12)18-6-8-20-9-7-18/h4-5,10-11H,6-9H2,1-3H3/b17-11+/t21-/m0/s1. The van der Waals surface area contributed by atoms with Crippen LogP contribution in [0.25, 0.3) is 0 Å². The number of rotatable bonds is 3. The molecule has 0 aromatic heterocycles. The maximum absolute atomic E-state index is 12.1. The highest BCUT2D eigenvalue weighted by Gasteiger charge is 2.26. The van der Waals surface area contributed by atoms with Crippen molar-refractivity contribution in [2.24, 2.45) is 4.40 Å². The second kappa shape index (κ2) is 7.13. The first-order valence-corrected chi connectivity index (χ1v) is 8.86. The summed E-state index contributed by atoms with van der Waals surface area (Å²) < 4.78 is 22.3. The van der Waals surface area contributed by atoms with Gasteiger partial charge < -0.3 is 14.2 Å². The Bertz CT molecular complexity index is 511. The number of benzene rings is 1. The molecule has 1 aliphatic heterocycles. The second-order valence-electron chi connectivity index (χ2n) is 5.90. The summed E-state index contributed by atoms with van der Waals surface area (Å²) in [6, 6.07) is 6.09. The van der Waals surface area contributed by atoms with Gasteiger partial charge >= 0.3 is 0 Å². The lowest BCUT2D eigenvalue weighted by atomic mass is 10.1. The van der Waals surface area contributed by atoms with Crippen molar-refractivity contribution in [3.05, 3.63) is 28.2 Å². The van der Waals surface area contributed by atoms with Gasteiger partial charge in [0, 0.05) is 28.8 Å². The van der Waals surface area contributed by atoms with E-state index in [9.17, 15) is 4.55 Å². The van der Waals surface area contributed by atoms with Crippen LogP contribution in [0.5, 0.6) is 0 Å². The summed E-state index contributed by atoms with van der Waals surface area (Å²) in [5.41, 5.74) is 2.08. The van der Waals surface area contributed by atoms with Gasteiger partial charge in [0.2, 0.25) is 0 Å². The molecule has 21 heavy (non-hydrogen) atoms. The van der Waals surface area contributed by atoms with Crippen LogP contribution in [0.4, 0.5) is 5.69 Å². The molecule has 1 saturated heterocycles. The molecule has 0 aliphatic carbocycles. The lowest BCUT2D eigenvalue weighted by molar-refractivity contribution is 0.122. The highest BCUT2D eigenvalue weighted by Crippen LogP contribution is 2.25. The average molecular weight is 373 g/mol. The van der Waals surface area contributed by atoms with Gasteiger partial charge in [-0.25, -0.2) is 0 Å². The maximum atomic E-state index is 12.1. The van der Waals surface area contributed by atoms with Gasteiger partial charge in [-0.3, -0.25) is 0 Å². The molecule has 116 valence electrons. The first-order valence-electron chi connectivity index (χ1n) is 6.96. The molecule has 0 unspecified atom stereocenters. The van der Waals surface area contributed by atoms with Gasteiger partial charge in [0.15, 0.2) is 0 Å². The molecule has 0 N–H and O–H groups in total. The van der Waals surface area contributed by atoms with Gasteiger partial charge in [-0.1, -0.05) is 20.3 Å². The first kappa shape index (κ1) is 16.8. The lowest BCUT2D eigenvalue weighted by Gasteiger charge is -2.30. The predicted octanol–water partition coefficient (Wildman–Crippen LogP) is 3.17. The molecule has 1 aromatic rings. The molecule has 6 heteroatoms. The van der Waals surface area contributed by atoms with E-state index in [-0.39, 0.29) is 4.75 Å². The molecule has 4 nitrogen and oxygen atoms in total. The van der Waals surface area contributed by atoms with Crippen LogP contribution in [0.2, 0.25) is 0 Å². The number of hydrogen-bond donors (Lipinski definition) is 0. The Balaban J connectivity index is 2.25. The highest BCUT2D eigenvalue weighted by atomic mass is 79.9. The number of hydrogen-bond acceptors (Lipinski definition) is 4. The van der Waals surface area contributed by atoms with Crippen molar-refractivity contribution in [2.75, 3.05) is 31.2 Å². The smallest absolute Gasteiger partial charge is 0.144 e. The van der Waals surface area contributed by atoms with E-state index in [1.54, 1.807) is 6.21 Å². The molecule has 0 bridgehead atoms. The van der Waals surface area contributed by atoms with Crippen LogP contribution in [-0.4, -0.2) is 41.8 Å². The van der Waals surface area contributed by atoms with Crippen molar-refractivity contribution in [1.82, 2.24) is 0 Å². The van der Waals surface area contributed by atoms with E-state index in [1.807, 2.05) is 32.9 Å². The van der Waals surface area contributed by atoms with E-state index in [0.717, 1.165) is 42.0 Å². The number of nitrogens with zero attached hydrogens (tertiary/aromatic N) is 2. The van der Waals surface area contributed by atoms with Crippen LogP contribution >= 0.6 is 15.9 Å². The zero-order valence-electron chi connectivity index (χ0n) is 12.6. The van der Waals surface area contributed by atoms with Gasteiger partial charge in [0.25, 0.3) is 0 Å². The molecule has 1 aromatic carbocycles. The van der Waals surface area contributed by atoms with E-state index >= 15 is 0 Å². The van der Waals surface area contributed by atoms with E-state index in [0.29, 0.717) is 0 Å². The summed E-state index contributed by atoms with van der Waals surface area (Å²) in [6.07, 6.45) is 1.72. The van der Waals surface area contributed by atoms with Crippen molar-refractivity contribution in [3.8, 4) is 0 Å². The van der Waals surface area contributed by atoms with Crippen LogP contribution in [0.3, 0.4) is 0 Å². The molecule has 1 aliphatic rings. The summed E-state index contributed by atoms with van der Waals surface area (Å²) in [5, 5.41) is 0. The molecule has 1 atom stereocenters. The van der Waals surface area contributed by atoms with E-state index in [4.69, 9.17) is 4.74 Å². The SMILES string of the molecule is CC(C)(C)[S@+]([O-])/N=C/c1cc(Br)ccc1N1CCOCC1. The normalized spacial score (nSPS) is 18.2. The molecule has 0 saturated carbocycles. The van der Waals surface area contributed by atoms with Gasteiger partial charge in [0.05, 0.1) is 19.4 Å². The Morgan fingerprint density at radius 2 is 2.00 bits per heavy atom. The largest absolute Gasteiger partial charge is 0.591 e. The van der Waals surface area contributed by atoms with Gasteiger partial charge in [-0.2, -0.15) is 0 Å². The lowest BCUT2D eigenvalue weighted by Crippen LogP contribution is -2.36. The Morgan fingerprint density at radius 1 is 1.33 bits per heavy atom. The summed E-state index contributed by atoms with van der Waals surface area (Å²) in [6.45, 7) is 8.97. The van der Waals surface area contributed by atoms with E-state index in [2.05, 4.69) is 31.3 Å². The molecular formula is C15H21BrN2O2S. The van der Waals surface area contributed by atoms with Crippen molar-refractivity contribution >= 4 is 39.2 Å². The number of morpholine rings is 1. The summed E-state index contributed by atoms with van der Waals surface area (Å²) in [4.78, 5) is 2.28. The third-order valence-corrected chi connectivity index (χ3v) is 4.99. The van der Waals surface area contributed by atoms with Crippen LogP contribution in [0.1, 0.15) is 26.3 Å². The van der Waals surface area contributed by atoms with Crippen molar-refractivity contribution in [2.45, 2.75) is 25.5 Å². The van der Waals surface area contributed by atoms with Gasteiger partial charge in [0.1, 0.15) is 16.1 Å². The number of ether oxygens (including phenoxy) is 1. The summed E-state index contributed by atoms with van der Waals surface area (Å²) in [7, 11) is 0. The average Bonchev–Trinajstić information content (AvgIpc) is 2.44. The maximum Gasteiger partial charge on any atom is 0.144 e. The zero-order chi connectivity index (χ0) is 15.5. The zero-order valence-corrected chi connectivity index (χ0v) is 15.0. The second-order valence-corrected chi connectivity index (χ2v) is 8.75. The van der Waals surface area contributed by atoms with Gasteiger partial charge in [-0.05, 0) is 39.0 Å². The molecule has 1 fully saturated rings. The monoisotopic (exact) mass is 372 g/mol.